The molecule has 0 aliphatic carbocycles. The van der Waals surface area contributed by atoms with E-state index in [-0.39, 0.29) is 24.3 Å². The van der Waals surface area contributed by atoms with Gasteiger partial charge in [-0.25, -0.2) is 4.79 Å². The lowest BCUT2D eigenvalue weighted by Crippen LogP contribution is -2.41. The summed E-state index contributed by atoms with van der Waals surface area (Å²) in [6.45, 7) is 3.98. The zero-order valence-corrected chi connectivity index (χ0v) is 14.2. The second-order valence-corrected chi connectivity index (χ2v) is 6.18. The predicted molar refractivity (Wildman–Crippen MR) is 88.3 cm³/mol. The van der Waals surface area contributed by atoms with Crippen molar-refractivity contribution in [2.45, 2.75) is 32.9 Å². The van der Waals surface area contributed by atoms with Crippen LogP contribution in [-0.2, 0) is 16.1 Å². The molecule has 1 unspecified atom stereocenters. The van der Waals surface area contributed by atoms with Crippen LogP contribution < -0.4 is 15.4 Å². The summed E-state index contributed by atoms with van der Waals surface area (Å²) in [6.07, 6.45) is 0.562. The molecule has 0 radical (unpaired) electrons. The van der Waals surface area contributed by atoms with Gasteiger partial charge in [0, 0.05) is 6.54 Å². The van der Waals surface area contributed by atoms with Crippen molar-refractivity contribution in [3.05, 3.63) is 29.8 Å². The molecule has 0 saturated carbocycles. The van der Waals surface area contributed by atoms with Gasteiger partial charge in [-0.15, -0.1) is 0 Å². The number of nitrogens with zero attached hydrogens (tertiary/aromatic N) is 1. The van der Waals surface area contributed by atoms with Crippen LogP contribution in [0.1, 0.15) is 25.8 Å². The molecule has 4 amide bonds. The highest BCUT2D eigenvalue weighted by atomic mass is 16.5. The fraction of sp³-hybridized carbons (Fsp3) is 0.471. The number of methoxy groups -OCH3 is 1. The lowest BCUT2D eigenvalue weighted by molar-refractivity contribution is -0.132. The number of ether oxygens (including phenoxy) is 1. The highest BCUT2D eigenvalue weighted by Crippen LogP contribution is 2.14. The average Bonchev–Trinajstić information content (AvgIpc) is 2.80. The summed E-state index contributed by atoms with van der Waals surface area (Å²) in [5, 5.41) is 5.33. The Morgan fingerprint density at radius 1 is 1.38 bits per heavy atom. The van der Waals surface area contributed by atoms with Crippen LogP contribution in [0, 0.1) is 5.92 Å². The Bertz CT molecular complexity index is 630. The quantitative estimate of drug-likeness (QED) is 0.736. The summed E-state index contributed by atoms with van der Waals surface area (Å²) in [5.74, 6) is 0.255. The van der Waals surface area contributed by atoms with E-state index in [2.05, 4.69) is 10.6 Å². The molecular formula is C17H23N3O4. The molecule has 1 heterocycles. The Morgan fingerprint density at radius 3 is 2.79 bits per heavy atom. The maximum Gasteiger partial charge on any atom is 0.325 e. The molecule has 0 aromatic heterocycles. The third-order valence-electron chi connectivity index (χ3n) is 3.74. The number of hydrogen-bond acceptors (Lipinski definition) is 4. The van der Waals surface area contributed by atoms with E-state index in [0.29, 0.717) is 18.7 Å². The number of urea groups is 1. The topological polar surface area (TPSA) is 87.7 Å². The highest BCUT2D eigenvalue weighted by molar-refractivity contribution is 6.06. The lowest BCUT2D eigenvalue weighted by Gasteiger charge is -2.14. The van der Waals surface area contributed by atoms with Crippen molar-refractivity contribution >= 4 is 17.8 Å². The van der Waals surface area contributed by atoms with E-state index in [1.807, 2.05) is 38.1 Å². The van der Waals surface area contributed by atoms with E-state index in [1.165, 1.54) is 0 Å². The second kappa shape index (κ2) is 7.81. The lowest BCUT2D eigenvalue weighted by atomic mass is 10.0. The van der Waals surface area contributed by atoms with Crippen LogP contribution in [0.2, 0.25) is 0 Å². The summed E-state index contributed by atoms with van der Waals surface area (Å²) in [4.78, 5) is 37.1. The minimum atomic E-state index is -0.538. The van der Waals surface area contributed by atoms with Crippen molar-refractivity contribution in [3.8, 4) is 5.75 Å². The number of hydrogen-bond donors (Lipinski definition) is 2. The normalized spacial score (nSPS) is 17.2. The number of imide groups is 1. The summed E-state index contributed by atoms with van der Waals surface area (Å²) >= 11 is 0. The van der Waals surface area contributed by atoms with Crippen LogP contribution in [0.25, 0.3) is 0 Å². The Labute approximate surface area is 141 Å². The van der Waals surface area contributed by atoms with Crippen LogP contribution in [-0.4, -0.2) is 42.4 Å². The van der Waals surface area contributed by atoms with Gasteiger partial charge in [-0.1, -0.05) is 26.0 Å². The van der Waals surface area contributed by atoms with E-state index >= 15 is 0 Å². The first-order valence-electron chi connectivity index (χ1n) is 7.92. The largest absolute Gasteiger partial charge is 0.497 e. The smallest absolute Gasteiger partial charge is 0.325 e. The Kier molecular flexibility index (Phi) is 5.78. The average molecular weight is 333 g/mol. The molecule has 7 heteroatoms. The fourth-order valence-electron chi connectivity index (χ4n) is 2.54. The van der Waals surface area contributed by atoms with Crippen LogP contribution in [0.15, 0.2) is 24.3 Å². The number of amides is 4. The molecule has 1 saturated heterocycles. The standard InChI is InChI=1S/C17H23N3O4/c1-11(2)7-14-16(22)20(17(23)19-14)10-15(21)18-9-12-5-4-6-13(8-12)24-3/h4-6,8,11,14H,7,9-10H2,1-3H3,(H,18,21)(H,19,23). The predicted octanol–water partition coefficient (Wildman–Crippen LogP) is 1.28. The first kappa shape index (κ1) is 17.8. The van der Waals surface area contributed by atoms with Crippen molar-refractivity contribution in [3.63, 3.8) is 0 Å². The van der Waals surface area contributed by atoms with E-state index < -0.39 is 12.1 Å². The molecule has 1 aromatic rings. The van der Waals surface area contributed by atoms with Gasteiger partial charge in [0.2, 0.25) is 5.91 Å². The number of carbonyl (C=O) groups excluding carboxylic acids is 3. The molecule has 0 spiro atoms. The summed E-state index contributed by atoms with van der Waals surface area (Å²) < 4.78 is 5.12. The van der Waals surface area contributed by atoms with Gasteiger partial charge >= 0.3 is 6.03 Å². The van der Waals surface area contributed by atoms with Crippen LogP contribution in [0.3, 0.4) is 0 Å². The van der Waals surface area contributed by atoms with Crippen molar-refractivity contribution in [1.29, 1.82) is 0 Å². The van der Waals surface area contributed by atoms with Crippen LogP contribution >= 0.6 is 0 Å². The number of benzene rings is 1. The number of carbonyl (C=O) groups is 3. The molecule has 2 rings (SSSR count). The first-order valence-corrected chi connectivity index (χ1v) is 7.92. The van der Waals surface area contributed by atoms with Gasteiger partial charge in [0.15, 0.2) is 0 Å². The Balaban J connectivity index is 1.87. The van der Waals surface area contributed by atoms with Crippen LogP contribution in [0.5, 0.6) is 5.75 Å². The van der Waals surface area contributed by atoms with E-state index in [0.717, 1.165) is 10.5 Å². The van der Waals surface area contributed by atoms with Gasteiger partial charge in [-0.3, -0.25) is 14.5 Å². The second-order valence-electron chi connectivity index (χ2n) is 6.18. The summed E-state index contributed by atoms with van der Waals surface area (Å²) in [7, 11) is 1.57. The summed E-state index contributed by atoms with van der Waals surface area (Å²) in [5.41, 5.74) is 0.873. The zero-order valence-electron chi connectivity index (χ0n) is 14.2. The Hall–Kier alpha value is -2.57. The van der Waals surface area contributed by atoms with Crippen LogP contribution in [0.4, 0.5) is 4.79 Å². The number of rotatable bonds is 7. The molecule has 1 aliphatic heterocycles. The summed E-state index contributed by atoms with van der Waals surface area (Å²) in [6, 6.07) is 6.26. The van der Waals surface area contributed by atoms with E-state index in [4.69, 9.17) is 4.74 Å². The molecule has 1 aliphatic rings. The van der Waals surface area contributed by atoms with E-state index in [1.54, 1.807) is 7.11 Å². The molecule has 2 N–H and O–H groups in total. The Morgan fingerprint density at radius 2 is 2.12 bits per heavy atom. The first-order chi connectivity index (χ1) is 11.4. The van der Waals surface area contributed by atoms with Gasteiger partial charge in [0.1, 0.15) is 18.3 Å². The fourth-order valence-corrected chi connectivity index (χ4v) is 2.54. The maximum absolute atomic E-state index is 12.2. The minimum absolute atomic E-state index is 0.275. The molecule has 7 nitrogen and oxygen atoms in total. The number of nitrogens with one attached hydrogen (secondary N) is 2. The maximum atomic E-state index is 12.2. The molecule has 1 fully saturated rings. The van der Waals surface area contributed by atoms with Crippen molar-refractivity contribution in [2.75, 3.05) is 13.7 Å². The molecule has 130 valence electrons. The molecule has 24 heavy (non-hydrogen) atoms. The monoisotopic (exact) mass is 333 g/mol. The van der Waals surface area contributed by atoms with Gasteiger partial charge < -0.3 is 15.4 Å². The van der Waals surface area contributed by atoms with Gasteiger partial charge in [-0.2, -0.15) is 0 Å². The molecule has 1 atom stereocenters. The van der Waals surface area contributed by atoms with Crippen molar-refractivity contribution < 1.29 is 19.1 Å². The molecule has 1 aromatic carbocycles. The van der Waals surface area contributed by atoms with Gasteiger partial charge in [0.25, 0.3) is 5.91 Å². The van der Waals surface area contributed by atoms with Gasteiger partial charge in [0.05, 0.1) is 7.11 Å². The minimum Gasteiger partial charge on any atom is -0.497 e. The molecule has 0 bridgehead atoms. The van der Waals surface area contributed by atoms with E-state index in [9.17, 15) is 14.4 Å². The third kappa shape index (κ3) is 4.47. The zero-order chi connectivity index (χ0) is 17.7. The SMILES string of the molecule is COc1cccc(CNC(=O)CN2C(=O)NC(CC(C)C)C2=O)c1. The van der Waals surface area contributed by atoms with Crippen molar-refractivity contribution in [1.82, 2.24) is 15.5 Å². The highest BCUT2D eigenvalue weighted by Gasteiger charge is 2.38. The van der Waals surface area contributed by atoms with Gasteiger partial charge in [-0.05, 0) is 30.0 Å². The third-order valence-corrected chi connectivity index (χ3v) is 3.74. The molecular weight excluding hydrogens is 310 g/mol. The van der Waals surface area contributed by atoms with Crippen molar-refractivity contribution in [2.24, 2.45) is 5.92 Å².